The number of benzene rings is 1. The number of anilines is 1. The number of carbonyl (C=O) groups excluding carboxylic acids is 1. The average molecular weight is 367 g/mol. The van der Waals surface area contributed by atoms with Crippen molar-refractivity contribution < 1.29 is 22.7 Å². The molecule has 0 aliphatic rings. The van der Waals surface area contributed by atoms with Gasteiger partial charge in [0.25, 0.3) is 0 Å². The first kappa shape index (κ1) is 16.6. The van der Waals surface area contributed by atoms with Crippen LogP contribution in [-0.4, -0.2) is 28.2 Å². The number of halogens is 1. The lowest BCUT2D eigenvalue weighted by Gasteiger charge is -2.12. The third kappa shape index (κ3) is 4.89. The molecule has 0 unspecified atom stereocenters. The zero-order valence-electron chi connectivity index (χ0n) is 11.0. The van der Waals surface area contributed by atoms with Gasteiger partial charge in [-0.2, -0.15) is 8.42 Å². The van der Waals surface area contributed by atoms with Gasteiger partial charge >= 0.3 is 16.3 Å². The Morgan fingerprint density at radius 3 is 2.65 bits per heavy atom. The molecule has 1 aromatic rings. The minimum Gasteiger partial charge on any atom is -0.494 e. The first-order chi connectivity index (χ1) is 9.41. The van der Waals surface area contributed by atoms with Gasteiger partial charge in [-0.25, -0.2) is 9.52 Å². The van der Waals surface area contributed by atoms with E-state index in [1.165, 1.54) is 6.07 Å². The van der Waals surface area contributed by atoms with E-state index in [4.69, 9.17) is 4.74 Å². The van der Waals surface area contributed by atoms with Crippen molar-refractivity contribution >= 4 is 37.9 Å². The maximum absolute atomic E-state index is 11.6. The predicted octanol–water partition coefficient (Wildman–Crippen LogP) is 1.99. The summed E-state index contributed by atoms with van der Waals surface area (Å²) in [4.78, 5) is 10.9. The molecule has 0 aliphatic carbocycles. The number of nitrogens with one attached hydrogen (secondary N) is 2. The summed E-state index contributed by atoms with van der Waals surface area (Å²) in [5.74, 6) is 0.660. The fourth-order valence-electron chi connectivity index (χ4n) is 1.38. The molecule has 0 bridgehead atoms. The highest BCUT2D eigenvalue weighted by Crippen LogP contribution is 2.25. The van der Waals surface area contributed by atoms with Crippen molar-refractivity contribution in [3.05, 3.63) is 23.8 Å². The summed E-state index contributed by atoms with van der Waals surface area (Å²) < 4.78 is 36.7. The SMILES string of the molecule is CCOc1ccc(NS(=O)(=O)NC(=O)OC)cc1CBr. The van der Waals surface area contributed by atoms with Crippen LogP contribution in [0, 0.1) is 0 Å². The maximum atomic E-state index is 11.6. The van der Waals surface area contributed by atoms with Crippen LogP contribution in [0.25, 0.3) is 0 Å². The summed E-state index contributed by atoms with van der Waals surface area (Å²) in [6, 6.07) is 4.79. The van der Waals surface area contributed by atoms with Gasteiger partial charge < -0.3 is 9.47 Å². The smallest absolute Gasteiger partial charge is 0.422 e. The summed E-state index contributed by atoms with van der Waals surface area (Å²) in [5, 5.41) is 0.502. The van der Waals surface area contributed by atoms with Crippen LogP contribution in [0.2, 0.25) is 0 Å². The van der Waals surface area contributed by atoms with E-state index >= 15 is 0 Å². The van der Waals surface area contributed by atoms with E-state index in [9.17, 15) is 13.2 Å². The van der Waals surface area contributed by atoms with E-state index < -0.39 is 16.3 Å². The molecular weight excluding hydrogens is 352 g/mol. The van der Waals surface area contributed by atoms with Crippen molar-refractivity contribution in [1.29, 1.82) is 0 Å². The predicted molar refractivity (Wildman–Crippen MR) is 78.3 cm³/mol. The van der Waals surface area contributed by atoms with Gasteiger partial charge in [0, 0.05) is 10.9 Å². The Morgan fingerprint density at radius 1 is 1.40 bits per heavy atom. The molecule has 0 fully saturated rings. The fourth-order valence-corrected chi connectivity index (χ4v) is 2.60. The van der Waals surface area contributed by atoms with Gasteiger partial charge in [-0.1, -0.05) is 15.9 Å². The van der Waals surface area contributed by atoms with Crippen molar-refractivity contribution in [3.8, 4) is 5.75 Å². The standard InChI is InChI=1S/C11H15BrN2O5S/c1-3-19-10-5-4-9(6-8(10)7-12)13-20(16,17)14-11(15)18-2/h4-6,13H,3,7H2,1-2H3,(H,14,15). The lowest BCUT2D eigenvalue weighted by molar-refractivity contribution is 0.177. The molecule has 1 aromatic carbocycles. The first-order valence-electron chi connectivity index (χ1n) is 5.62. The van der Waals surface area contributed by atoms with Crippen molar-refractivity contribution in [2.45, 2.75) is 12.3 Å². The molecule has 1 rings (SSSR count). The zero-order chi connectivity index (χ0) is 15.2. The van der Waals surface area contributed by atoms with Gasteiger partial charge in [0.15, 0.2) is 0 Å². The molecule has 9 heteroatoms. The molecular formula is C11H15BrN2O5S. The van der Waals surface area contributed by atoms with E-state index in [-0.39, 0.29) is 0 Å². The van der Waals surface area contributed by atoms with E-state index in [2.05, 4.69) is 25.4 Å². The molecule has 0 saturated heterocycles. The molecule has 2 N–H and O–H groups in total. The number of methoxy groups -OCH3 is 1. The van der Waals surface area contributed by atoms with Gasteiger partial charge in [-0.15, -0.1) is 0 Å². The van der Waals surface area contributed by atoms with Crippen molar-refractivity contribution in [3.63, 3.8) is 0 Å². The second-order valence-corrected chi connectivity index (χ2v) is 5.56. The normalized spacial score (nSPS) is 10.8. The topological polar surface area (TPSA) is 93.7 Å². The molecule has 0 heterocycles. The zero-order valence-corrected chi connectivity index (χ0v) is 13.4. The van der Waals surface area contributed by atoms with Crippen molar-refractivity contribution in [1.82, 2.24) is 4.72 Å². The third-order valence-electron chi connectivity index (χ3n) is 2.16. The Balaban J connectivity index is 2.90. The highest BCUT2D eigenvalue weighted by Gasteiger charge is 2.15. The monoisotopic (exact) mass is 366 g/mol. The van der Waals surface area contributed by atoms with Gasteiger partial charge in [-0.05, 0) is 25.1 Å². The van der Waals surface area contributed by atoms with E-state index in [1.54, 1.807) is 16.9 Å². The minimum absolute atomic E-state index is 0.305. The quantitative estimate of drug-likeness (QED) is 0.750. The lowest BCUT2D eigenvalue weighted by Crippen LogP contribution is -2.35. The Hall–Kier alpha value is -1.48. The van der Waals surface area contributed by atoms with Crippen LogP contribution in [0.3, 0.4) is 0 Å². The molecule has 7 nitrogen and oxygen atoms in total. The number of ether oxygens (including phenoxy) is 2. The van der Waals surface area contributed by atoms with E-state index in [0.29, 0.717) is 23.4 Å². The second kappa shape index (κ2) is 7.34. The number of alkyl halides is 1. The molecule has 0 radical (unpaired) electrons. The largest absolute Gasteiger partial charge is 0.494 e. The highest BCUT2D eigenvalue weighted by atomic mass is 79.9. The van der Waals surface area contributed by atoms with Crippen LogP contribution >= 0.6 is 15.9 Å². The average Bonchev–Trinajstić information content (AvgIpc) is 2.39. The first-order valence-corrected chi connectivity index (χ1v) is 8.22. The number of amides is 1. The molecule has 1 amide bonds. The second-order valence-electron chi connectivity index (χ2n) is 3.59. The number of carbonyl (C=O) groups is 1. The van der Waals surface area contributed by atoms with Crippen LogP contribution in [0.5, 0.6) is 5.75 Å². The molecule has 0 atom stereocenters. The summed E-state index contributed by atoms with van der Waals surface area (Å²) >= 11 is 3.30. The number of rotatable bonds is 6. The van der Waals surface area contributed by atoms with Crippen molar-refractivity contribution in [2.75, 3.05) is 18.4 Å². The van der Waals surface area contributed by atoms with E-state index in [0.717, 1.165) is 12.7 Å². The summed E-state index contributed by atoms with van der Waals surface area (Å²) in [6.45, 7) is 2.36. The van der Waals surface area contributed by atoms with Crippen LogP contribution < -0.4 is 14.2 Å². The van der Waals surface area contributed by atoms with Gasteiger partial charge in [-0.3, -0.25) is 4.72 Å². The Bertz CT molecular complexity index is 576. The van der Waals surface area contributed by atoms with Crippen LogP contribution in [0.4, 0.5) is 10.5 Å². The van der Waals surface area contributed by atoms with Crippen molar-refractivity contribution in [2.24, 2.45) is 0 Å². The molecule has 20 heavy (non-hydrogen) atoms. The van der Waals surface area contributed by atoms with E-state index in [1.807, 2.05) is 6.92 Å². The van der Waals surface area contributed by atoms with Gasteiger partial charge in [0.2, 0.25) is 0 Å². The summed E-state index contributed by atoms with van der Waals surface area (Å²) in [6.07, 6.45) is -1.07. The lowest BCUT2D eigenvalue weighted by atomic mass is 10.2. The number of hydrogen-bond donors (Lipinski definition) is 2. The van der Waals surface area contributed by atoms with Crippen LogP contribution in [-0.2, 0) is 20.3 Å². The summed E-state index contributed by atoms with van der Waals surface area (Å²) in [7, 11) is -2.95. The Kier molecular flexibility index (Phi) is 6.08. The van der Waals surface area contributed by atoms with Crippen LogP contribution in [0.15, 0.2) is 18.2 Å². The van der Waals surface area contributed by atoms with Gasteiger partial charge in [0.05, 0.1) is 19.4 Å². The summed E-state index contributed by atoms with van der Waals surface area (Å²) in [5.41, 5.74) is 1.09. The number of hydrogen-bond acceptors (Lipinski definition) is 5. The molecule has 0 aromatic heterocycles. The molecule has 0 spiro atoms. The fraction of sp³-hybridized carbons (Fsp3) is 0.364. The van der Waals surface area contributed by atoms with Gasteiger partial charge in [0.1, 0.15) is 5.75 Å². The highest BCUT2D eigenvalue weighted by molar-refractivity contribution is 9.08. The van der Waals surface area contributed by atoms with Crippen LogP contribution in [0.1, 0.15) is 12.5 Å². The third-order valence-corrected chi connectivity index (χ3v) is 3.70. The molecule has 0 aliphatic heterocycles. The molecule has 112 valence electrons. The minimum atomic E-state index is -4.03. The molecule has 0 saturated carbocycles. The Labute approximate surface area is 126 Å². The Morgan fingerprint density at radius 2 is 2.10 bits per heavy atom. The maximum Gasteiger partial charge on any atom is 0.422 e.